The molecule has 3 aromatic rings. The van der Waals surface area contributed by atoms with Gasteiger partial charge in [0.1, 0.15) is 5.82 Å². The molecule has 0 bridgehead atoms. The number of fused-ring (bicyclic) bond motifs is 1. The molecule has 6 heteroatoms. The third-order valence-corrected chi connectivity index (χ3v) is 3.07. The van der Waals surface area contributed by atoms with E-state index in [2.05, 4.69) is 25.6 Å². The summed E-state index contributed by atoms with van der Waals surface area (Å²) in [5, 5.41) is 7.40. The van der Waals surface area contributed by atoms with Crippen molar-refractivity contribution in [1.29, 1.82) is 0 Å². The molecule has 0 fully saturated rings. The number of nitrogens with zero attached hydrogens (tertiary/aromatic N) is 3. The van der Waals surface area contributed by atoms with Crippen molar-refractivity contribution in [1.82, 2.24) is 15.0 Å². The van der Waals surface area contributed by atoms with E-state index in [1.807, 2.05) is 24.3 Å². The fourth-order valence-electron chi connectivity index (χ4n) is 2.11. The van der Waals surface area contributed by atoms with Gasteiger partial charge in [-0.3, -0.25) is 10.1 Å². The van der Waals surface area contributed by atoms with Crippen molar-refractivity contribution in [3.63, 3.8) is 0 Å². The van der Waals surface area contributed by atoms with Crippen molar-refractivity contribution in [3.05, 3.63) is 54.5 Å². The highest BCUT2D eigenvalue weighted by Gasteiger charge is 2.13. The highest BCUT2D eigenvalue weighted by molar-refractivity contribution is 6.13. The van der Waals surface area contributed by atoms with Crippen LogP contribution in [-0.2, 0) is 0 Å². The molecule has 0 saturated heterocycles. The third kappa shape index (κ3) is 2.51. The average Bonchev–Trinajstić information content (AvgIpc) is 2.54. The van der Waals surface area contributed by atoms with Gasteiger partial charge in [-0.25, -0.2) is 15.0 Å². The second-order valence-electron chi connectivity index (χ2n) is 4.34. The standard InChI is InChI=1S/C15H13N5O/c1-16-13-11-6-3-2-5-10(11)12(9-19-13)14(21)20-15-17-7-4-8-18-15/h2-9H,1H3,(H,16,19)(H,17,18,20,21). The van der Waals surface area contributed by atoms with E-state index in [1.54, 1.807) is 31.7 Å². The number of anilines is 2. The van der Waals surface area contributed by atoms with E-state index >= 15 is 0 Å². The molecular weight excluding hydrogens is 266 g/mol. The van der Waals surface area contributed by atoms with Crippen LogP contribution >= 0.6 is 0 Å². The molecular formula is C15H13N5O. The van der Waals surface area contributed by atoms with E-state index in [0.717, 1.165) is 16.6 Å². The van der Waals surface area contributed by atoms with Crippen LogP contribution < -0.4 is 10.6 Å². The summed E-state index contributed by atoms with van der Waals surface area (Å²) in [5.74, 6) is 0.718. The Labute approximate surface area is 121 Å². The minimum atomic E-state index is -0.285. The Morgan fingerprint density at radius 3 is 2.43 bits per heavy atom. The predicted octanol–water partition coefficient (Wildman–Crippen LogP) is 2.32. The Bertz CT molecular complexity index is 788. The predicted molar refractivity (Wildman–Crippen MR) is 81.3 cm³/mol. The van der Waals surface area contributed by atoms with Gasteiger partial charge in [0.05, 0.1) is 5.56 Å². The molecule has 0 atom stereocenters. The number of aromatic nitrogens is 3. The number of carbonyl (C=O) groups is 1. The second-order valence-corrected chi connectivity index (χ2v) is 4.34. The van der Waals surface area contributed by atoms with Crippen LogP contribution in [0.5, 0.6) is 0 Å². The number of hydrogen-bond donors (Lipinski definition) is 2. The molecule has 21 heavy (non-hydrogen) atoms. The third-order valence-electron chi connectivity index (χ3n) is 3.07. The number of pyridine rings is 1. The highest BCUT2D eigenvalue weighted by atomic mass is 16.1. The first-order valence-electron chi connectivity index (χ1n) is 6.43. The van der Waals surface area contributed by atoms with Gasteiger partial charge in [0.25, 0.3) is 5.91 Å². The van der Waals surface area contributed by atoms with Crippen LogP contribution in [0, 0.1) is 0 Å². The fraction of sp³-hybridized carbons (Fsp3) is 0.0667. The lowest BCUT2D eigenvalue weighted by molar-refractivity contribution is 0.102. The van der Waals surface area contributed by atoms with Gasteiger partial charge in [-0.15, -0.1) is 0 Å². The Morgan fingerprint density at radius 1 is 1.00 bits per heavy atom. The maximum Gasteiger partial charge on any atom is 0.260 e. The van der Waals surface area contributed by atoms with Crippen LogP contribution in [0.3, 0.4) is 0 Å². The monoisotopic (exact) mass is 279 g/mol. The summed E-state index contributed by atoms with van der Waals surface area (Å²) in [6, 6.07) is 9.29. The summed E-state index contributed by atoms with van der Waals surface area (Å²) in [6.07, 6.45) is 4.69. The number of benzene rings is 1. The van der Waals surface area contributed by atoms with Crippen molar-refractivity contribution < 1.29 is 4.79 Å². The van der Waals surface area contributed by atoms with Gasteiger partial charge < -0.3 is 5.32 Å². The SMILES string of the molecule is CNc1ncc(C(=O)Nc2ncccn2)c2ccccc12. The van der Waals surface area contributed by atoms with E-state index in [-0.39, 0.29) is 11.9 Å². The summed E-state index contributed by atoms with van der Waals surface area (Å²) >= 11 is 0. The Balaban J connectivity index is 2.03. The zero-order valence-corrected chi connectivity index (χ0v) is 11.4. The number of amides is 1. The molecule has 0 aliphatic carbocycles. The number of nitrogens with one attached hydrogen (secondary N) is 2. The molecule has 104 valence electrons. The zero-order chi connectivity index (χ0) is 14.7. The molecule has 2 heterocycles. The smallest absolute Gasteiger partial charge is 0.260 e. The molecule has 1 aromatic carbocycles. The molecule has 0 saturated carbocycles. The molecule has 0 spiro atoms. The lowest BCUT2D eigenvalue weighted by Crippen LogP contribution is -2.15. The first kappa shape index (κ1) is 13.0. The first-order chi connectivity index (χ1) is 10.3. The maximum absolute atomic E-state index is 12.4. The summed E-state index contributed by atoms with van der Waals surface area (Å²) < 4.78 is 0. The first-order valence-corrected chi connectivity index (χ1v) is 6.43. The van der Waals surface area contributed by atoms with Crippen LogP contribution in [-0.4, -0.2) is 27.9 Å². The van der Waals surface area contributed by atoms with Crippen LogP contribution in [0.4, 0.5) is 11.8 Å². The van der Waals surface area contributed by atoms with E-state index in [9.17, 15) is 4.79 Å². The molecule has 0 aliphatic rings. The largest absolute Gasteiger partial charge is 0.373 e. The Hall–Kier alpha value is -3.02. The quantitative estimate of drug-likeness (QED) is 0.769. The van der Waals surface area contributed by atoms with Crippen LogP contribution in [0.25, 0.3) is 10.8 Å². The zero-order valence-electron chi connectivity index (χ0n) is 11.4. The topological polar surface area (TPSA) is 79.8 Å². The Morgan fingerprint density at radius 2 is 1.71 bits per heavy atom. The van der Waals surface area contributed by atoms with E-state index in [4.69, 9.17) is 0 Å². The average molecular weight is 279 g/mol. The molecule has 3 rings (SSSR count). The van der Waals surface area contributed by atoms with Crippen LogP contribution in [0.15, 0.2) is 48.9 Å². The van der Waals surface area contributed by atoms with Crippen molar-refractivity contribution in [2.75, 3.05) is 17.7 Å². The lowest BCUT2D eigenvalue weighted by Gasteiger charge is -2.09. The molecule has 0 radical (unpaired) electrons. The highest BCUT2D eigenvalue weighted by Crippen LogP contribution is 2.24. The minimum absolute atomic E-state index is 0.268. The lowest BCUT2D eigenvalue weighted by atomic mass is 10.1. The van der Waals surface area contributed by atoms with Crippen molar-refractivity contribution in [3.8, 4) is 0 Å². The summed E-state index contributed by atoms with van der Waals surface area (Å²) in [5.41, 5.74) is 0.483. The van der Waals surface area contributed by atoms with Crippen LogP contribution in [0.1, 0.15) is 10.4 Å². The van der Waals surface area contributed by atoms with Gasteiger partial charge in [-0.2, -0.15) is 0 Å². The van der Waals surface area contributed by atoms with Gasteiger partial charge in [0, 0.05) is 31.0 Å². The van der Waals surface area contributed by atoms with Gasteiger partial charge >= 0.3 is 0 Å². The van der Waals surface area contributed by atoms with E-state index in [0.29, 0.717) is 5.56 Å². The summed E-state index contributed by atoms with van der Waals surface area (Å²) in [7, 11) is 1.80. The second kappa shape index (κ2) is 5.54. The van der Waals surface area contributed by atoms with Crippen molar-refractivity contribution in [2.24, 2.45) is 0 Å². The van der Waals surface area contributed by atoms with Gasteiger partial charge in [0.2, 0.25) is 5.95 Å². The summed E-state index contributed by atoms with van der Waals surface area (Å²) in [6.45, 7) is 0. The molecule has 1 amide bonds. The van der Waals surface area contributed by atoms with E-state index in [1.165, 1.54) is 0 Å². The molecule has 2 aromatic heterocycles. The minimum Gasteiger partial charge on any atom is -0.373 e. The maximum atomic E-state index is 12.4. The van der Waals surface area contributed by atoms with Crippen molar-refractivity contribution >= 4 is 28.4 Å². The molecule has 0 unspecified atom stereocenters. The van der Waals surface area contributed by atoms with E-state index < -0.39 is 0 Å². The van der Waals surface area contributed by atoms with Crippen molar-refractivity contribution in [2.45, 2.75) is 0 Å². The Kier molecular flexibility index (Phi) is 3.42. The number of rotatable bonds is 3. The molecule has 0 aliphatic heterocycles. The molecule has 6 nitrogen and oxygen atoms in total. The number of carbonyl (C=O) groups excluding carboxylic acids is 1. The normalized spacial score (nSPS) is 10.3. The van der Waals surface area contributed by atoms with Crippen LogP contribution in [0.2, 0.25) is 0 Å². The number of hydrogen-bond acceptors (Lipinski definition) is 5. The molecule has 2 N–H and O–H groups in total. The fourth-order valence-corrected chi connectivity index (χ4v) is 2.11. The van der Waals surface area contributed by atoms with Gasteiger partial charge in [0.15, 0.2) is 0 Å². The summed E-state index contributed by atoms with van der Waals surface area (Å²) in [4.78, 5) is 24.6. The van der Waals surface area contributed by atoms with Gasteiger partial charge in [-0.05, 0) is 11.5 Å². The van der Waals surface area contributed by atoms with Gasteiger partial charge in [-0.1, -0.05) is 24.3 Å².